The summed E-state index contributed by atoms with van der Waals surface area (Å²) >= 11 is 3.58. The molecule has 1 aliphatic carbocycles. The van der Waals surface area contributed by atoms with E-state index in [0.717, 1.165) is 27.8 Å². The molecule has 1 aromatic carbocycles. The molecule has 1 fully saturated rings. The Bertz CT molecular complexity index is 669. The number of aryl methyl sites for hydroxylation is 1. The van der Waals surface area contributed by atoms with Gasteiger partial charge < -0.3 is 14.2 Å². The molecule has 124 valence electrons. The molecule has 2 bridgehead atoms. The molecular weight excluding hydrogens is 360 g/mol. The van der Waals surface area contributed by atoms with E-state index in [-0.39, 0.29) is 5.97 Å². The molecule has 2 atom stereocenters. The second kappa shape index (κ2) is 5.95. The fraction of sp³-hybridized carbons (Fsp3) is 0.500. The van der Waals surface area contributed by atoms with Crippen LogP contribution in [0.4, 0.5) is 0 Å². The van der Waals surface area contributed by atoms with E-state index in [4.69, 9.17) is 14.2 Å². The van der Waals surface area contributed by atoms with Gasteiger partial charge in [0.15, 0.2) is 0 Å². The van der Waals surface area contributed by atoms with Gasteiger partial charge in [-0.3, -0.25) is 4.79 Å². The first-order chi connectivity index (χ1) is 10.9. The van der Waals surface area contributed by atoms with E-state index in [1.54, 1.807) is 14.2 Å². The summed E-state index contributed by atoms with van der Waals surface area (Å²) in [6.07, 6.45) is 4.77. The van der Waals surface area contributed by atoms with Crippen LogP contribution in [0, 0.1) is 5.41 Å². The number of hydrogen-bond donors (Lipinski definition) is 0. The maximum absolute atomic E-state index is 12.6. The summed E-state index contributed by atoms with van der Waals surface area (Å²) in [5.74, 6) is -0.121. The van der Waals surface area contributed by atoms with Gasteiger partial charge in [0, 0.05) is 24.4 Å². The maximum Gasteiger partial charge on any atom is 0.318 e. The number of carbonyl (C=O) groups is 1. The molecule has 1 heterocycles. The minimum atomic E-state index is -0.776. The molecule has 2 unspecified atom stereocenters. The number of fused-ring (bicyclic) bond motifs is 2. The van der Waals surface area contributed by atoms with E-state index in [0.29, 0.717) is 19.3 Å². The minimum absolute atomic E-state index is 0.162. The number of esters is 1. The Morgan fingerprint density at radius 2 is 2.13 bits per heavy atom. The number of rotatable bonds is 5. The van der Waals surface area contributed by atoms with Crippen molar-refractivity contribution in [2.24, 2.45) is 5.41 Å². The summed E-state index contributed by atoms with van der Waals surface area (Å²) in [4.78, 5) is 12.6. The van der Waals surface area contributed by atoms with Crippen molar-refractivity contribution in [3.05, 3.63) is 39.9 Å². The number of benzene rings is 1. The monoisotopic (exact) mass is 380 g/mol. The summed E-state index contributed by atoms with van der Waals surface area (Å²) in [6, 6.07) is 5.89. The van der Waals surface area contributed by atoms with Gasteiger partial charge in [-0.05, 0) is 43.5 Å². The lowest BCUT2D eigenvalue weighted by Crippen LogP contribution is -2.35. The average Bonchev–Trinajstić information content (AvgIpc) is 2.81. The molecule has 0 N–H and O–H groups in total. The maximum atomic E-state index is 12.6. The Labute approximate surface area is 144 Å². The van der Waals surface area contributed by atoms with Crippen LogP contribution in [-0.4, -0.2) is 26.0 Å². The van der Waals surface area contributed by atoms with Crippen molar-refractivity contribution >= 4 is 21.9 Å². The van der Waals surface area contributed by atoms with Crippen molar-refractivity contribution in [1.29, 1.82) is 0 Å². The lowest BCUT2D eigenvalue weighted by atomic mass is 9.70. The third-order valence-electron chi connectivity index (χ3n) is 5.16. The first kappa shape index (κ1) is 16.5. The lowest BCUT2D eigenvalue weighted by molar-refractivity contribution is -0.199. The van der Waals surface area contributed by atoms with E-state index < -0.39 is 11.2 Å². The summed E-state index contributed by atoms with van der Waals surface area (Å²) in [6.45, 7) is 2.02. The highest BCUT2D eigenvalue weighted by molar-refractivity contribution is 9.10. The highest BCUT2D eigenvalue weighted by Crippen LogP contribution is 2.53. The van der Waals surface area contributed by atoms with Crippen LogP contribution >= 0.6 is 15.9 Å². The van der Waals surface area contributed by atoms with Crippen LogP contribution in [0.1, 0.15) is 31.7 Å². The Balaban J connectivity index is 1.86. The molecule has 2 aliphatic rings. The molecule has 0 amide bonds. The summed E-state index contributed by atoms with van der Waals surface area (Å²) in [5, 5.41) is 0. The Kier molecular flexibility index (Phi) is 4.27. The first-order valence-electron chi connectivity index (χ1n) is 7.73. The second-order valence-electron chi connectivity index (χ2n) is 6.31. The van der Waals surface area contributed by atoms with Gasteiger partial charge in [0.25, 0.3) is 0 Å². The van der Waals surface area contributed by atoms with Gasteiger partial charge >= 0.3 is 5.97 Å². The number of ether oxygens (including phenoxy) is 3. The van der Waals surface area contributed by atoms with E-state index in [9.17, 15) is 4.79 Å². The fourth-order valence-corrected chi connectivity index (χ4v) is 4.00. The highest BCUT2D eigenvalue weighted by atomic mass is 79.9. The van der Waals surface area contributed by atoms with Gasteiger partial charge in [-0.25, -0.2) is 0 Å². The zero-order valence-corrected chi connectivity index (χ0v) is 15.2. The number of hydrogen-bond acceptors (Lipinski definition) is 4. The molecular formula is C18H21BrO4. The molecule has 3 rings (SSSR count). The molecule has 5 heteroatoms. The quantitative estimate of drug-likeness (QED) is 0.571. The first-order valence-corrected chi connectivity index (χ1v) is 8.52. The van der Waals surface area contributed by atoms with Crippen molar-refractivity contribution in [3.63, 3.8) is 0 Å². The molecule has 1 aliphatic heterocycles. The SMILES string of the molecule is COc1ccc(Br)c(CCC23CC(OC)(CC=C2C)OC3=O)c1. The van der Waals surface area contributed by atoms with Crippen molar-refractivity contribution in [2.75, 3.05) is 14.2 Å². The molecule has 4 nitrogen and oxygen atoms in total. The summed E-state index contributed by atoms with van der Waals surface area (Å²) in [7, 11) is 3.26. The van der Waals surface area contributed by atoms with E-state index >= 15 is 0 Å². The van der Waals surface area contributed by atoms with Crippen molar-refractivity contribution < 1.29 is 19.0 Å². The number of carbonyl (C=O) groups excluding carboxylic acids is 1. The molecule has 0 spiro atoms. The van der Waals surface area contributed by atoms with Crippen LogP contribution in [0.3, 0.4) is 0 Å². The Hall–Kier alpha value is -1.33. The third kappa shape index (κ3) is 2.70. The normalized spacial score (nSPS) is 29.2. The van der Waals surface area contributed by atoms with Crippen LogP contribution < -0.4 is 4.74 Å². The van der Waals surface area contributed by atoms with Gasteiger partial charge in [0.05, 0.1) is 12.5 Å². The molecule has 1 aromatic rings. The van der Waals surface area contributed by atoms with Gasteiger partial charge in [-0.15, -0.1) is 0 Å². The Morgan fingerprint density at radius 3 is 2.83 bits per heavy atom. The van der Waals surface area contributed by atoms with Crippen LogP contribution in [-0.2, 0) is 20.7 Å². The van der Waals surface area contributed by atoms with Crippen molar-refractivity contribution in [2.45, 2.75) is 38.4 Å². The molecule has 1 saturated heterocycles. The van der Waals surface area contributed by atoms with Crippen molar-refractivity contribution in [1.82, 2.24) is 0 Å². The van der Waals surface area contributed by atoms with Gasteiger partial charge in [0.1, 0.15) is 5.75 Å². The molecule has 23 heavy (non-hydrogen) atoms. The third-order valence-corrected chi connectivity index (χ3v) is 5.93. The summed E-state index contributed by atoms with van der Waals surface area (Å²) in [5.41, 5.74) is 1.64. The van der Waals surface area contributed by atoms with Crippen LogP contribution in [0.25, 0.3) is 0 Å². The molecule has 0 saturated carbocycles. The van der Waals surface area contributed by atoms with Gasteiger partial charge in [0.2, 0.25) is 5.79 Å². The topological polar surface area (TPSA) is 44.8 Å². The van der Waals surface area contributed by atoms with E-state index in [2.05, 4.69) is 22.0 Å². The van der Waals surface area contributed by atoms with Crippen LogP contribution in [0.5, 0.6) is 5.75 Å². The smallest absolute Gasteiger partial charge is 0.318 e. The lowest BCUT2D eigenvalue weighted by Gasteiger charge is -2.33. The Morgan fingerprint density at radius 1 is 1.35 bits per heavy atom. The second-order valence-corrected chi connectivity index (χ2v) is 7.17. The zero-order chi connectivity index (χ0) is 16.7. The van der Waals surface area contributed by atoms with Crippen LogP contribution in [0.15, 0.2) is 34.3 Å². The fourth-order valence-electron chi connectivity index (χ4n) is 3.56. The number of halogens is 1. The number of methoxy groups -OCH3 is 2. The largest absolute Gasteiger partial charge is 0.497 e. The van der Waals surface area contributed by atoms with Crippen LogP contribution in [0.2, 0.25) is 0 Å². The van der Waals surface area contributed by atoms with E-state index in [1.807, 2.05) is 25.1 Å². The minimum Gasteiger partial charge on any atom is -0.497 e. The summed E-state index contributed by atoms with van der Waals surface area (Å²) < 4.78 is 17.4. The predicted molar refractivity (Wildman–Crippen MR) is 90.3 cm³/mol. The van der Waals surface area contributed by atoms with Gasteiger partial charge in [-0.1, -0.05) is 27.6 Å². The highest BCUT2D eigenvalue weighted by Gasteiger charge is 2.59. The van der Waals surface area contributed by atoms with Crippen molar-refractivity contribution in [3.8, 4) is 5.75 Å². The zero-order valence-electron chi connectivity index (χ0n) is 13.6. The molecule has 0 aromatic heterocycles. The van der Waals surface area contributed by atoms with E-state index in [1.165, 1.54) is 0 Å². The standard InChI is InChI=1S/C18H21BrO4/c1-12-6-9-18(22-3)11-17(12,16(20)23-18)8-7-13-10-14(21-2)4-5-15(13)19/h4-6,10H,7-9,11H2,1-3H3. The van der Waals surface area contributed by atoms with Gasteiger partial charge in [-0.2, -0.15) is 0 Å². The average molecular weight is 381 g/mol. The predicted octanol–water partition coefficient (Wildman–Crippen LogP) is 4.02. The molecule has 0 radical (unpaired) electrons.